The third-order valence-electron chi connectivity index (χ3n) is 7.15. The Hall–Kier alpha value is -2.72. The zero-order chi connectivity index (χ0) is 22.8. The van der Waals surface area contributed by atoms with Crippen LogP contribution in [0.25, 0.3) is 0 Å². The number of nitrogens with zero attached hydrogens (tertiary/aromatic N) is 7. The Labute approximate surface area is 195 Å². The number of aromatic nitrogens is 4. The van der Waals surface area contributed by atoms with Crippen LogP contribution in [-0.2, 0) is 4.79 Å². The van der Waals surface area contributed by atoms with Crippen molar-refractivity contribution in [2.75, 3.05) is 70.1 Å². The van der Waals surface area contributed by atoms with E-state index >= 15 is 0 Å². The molecule has 0 unspecified atom stereocenters. The number of amides is 1. The molecule has 178 valence electrons. The van der Waals surface area contributed by atoms with Crippen LogP contribution in [0, 0.1) is 0 Å². The molecule has 10 nitrogen and oxygen atoms in total. The topological polar surface area (TPSA) is 96.5 Å². The minimum Gasteiger partial charge on any atom is -0.341 e. The third-order valence-corrected chi connectivity index (χ3v) is 7.15. The van der Waals surface area contributed by atoms with Gasteiger partial charge < -0.3 is 20.0 Å². The number of carbonyl (C=O) groups is 1. The summed E-state index contributed by atoms with van der Waals surface area (Å²) >= 11 is 0. The highest BCUT2D eigenvalue weighted by Crippen LogP contribution is 2.39. The van der Waals surface area contributed by atoms with Gasteiger partial charge in [0.25, 0.3) is 0 Å². The van der Waals surface area contributed by atoms with Gasteiger partial charge in [-0.05, 0) is 38.8 Å². The van der Waals surface area contributed by atoms with Crippen LogP contribution in [-0.4, -0.2) is 107 Å². The Kier molecular flexibility index (Phi) is 6.45. The molecule has 2 aromatic heterocycles. The summed E-state index contributed by atoms with van der Waals surface area (Å²) in [5.74, 6) is 3.16. The highest BCUT2D eigenvalue weighted by molar-refractivity contribution is 5.78. The number of rotatable bonds is 7. The van der Waals surface area contributed by atoms with Gasteiger partial charge in [0.2, 0.25) is 11.9 Å². The highest BCUT2D eigenvalue weighted by Gasteiger charge is 2.28. The molecule has 10 heteroatoms. The first-order valence-corrected chi connectivity index (χ1v) is 12.1. The van der Waals surface area contributed by atoms with E-state index in [0.717, 1.165) is 63.7 Å². The van der Waals surface area contributed by atoms with E-state index in [1.165, 1.54) is 18.5 Å². The van der Waals surface area contributed by atoms with Crippen molar-refractivity contribution in [1.29, 1.82) is 0 Å². The molecule has 1 aliphatic carbocycles. The molecule has 0 radical (unpaired) electrons. The molecule has 0 aromatic carbocycles. The second-order valence-electron chi connectivity index (χ2n) is 9.65. The van der Waals surface area contributed by atoms with E-state index in [0.29, 0.717) is 24.5 Å². The molecule has 2 N–H and O–H groups in total. The summed E-state index contributed by atoms with van der Waals surface area (Å²) in [6, 6.07) is 4.31. The summed E-state index contributed by atoms with van der Waals surface area (Å²) in [4.78, 5) is 30.6. The van der Waals surface area contributed by atoms with E-state index in [2.05, 4.69) is 55.4 Å². The van der Waals surface area contributed by atoms with E-state index < -0.39 is 0 Å². The number of likely N-dealkylation sites (tertiary alicyclic amines) is 1. The predicted octanol–water partition coefficient (Wildman–Crippen LogP) is 1.50. The maximum absolute atomic E-state index is 12.7. The smallest absolute Gasteiger partial charge is 0.236 e. The fourth-order valence-electron chi connectivity index (χ4n) is 4.70. The third kappa shape index (κ3) is 5.44. The highest BCUT2D eigenvalue weighted by atomic mass is 16.2. The zero-order valence-electron chi connectivity index (χ0n) is 19.7. The molecule has 2 saturated heterocycles. The van der Waals surface area contributed by atoms with Crippen LogP contribution in [0.5, 0.6) is 0 Å². The summed E-state index contributed by atoms with van der Waals surface area (Å²) in [6.45, 7) is 5.99. The number of hydrogen-bond acceptors (Lipinski definition) is 8. The summed E-state index contributed by atoms with van der Waals surface area (Å²) in [5, 5.41) is 10.8. The lowest BCUT2D eigenvalue weighted by atomic mass is 10.0. The van der Waals surface area contributed by atoms with E-state index in [1.807, 2.05) is 11.0 Å². The van der Waals surface area contributed by atoms with Crippen molar-refractivity contribution >= 4 is 23.5 Å². The average Bonchev–Trinajstić information content (AvgIpc) is 3.58. The molecule has 0 spiro atoms. The average molecular weight is 454 g/mol. The molecule has 0 bridgehead atoms. The van der Waals surface area contributed by atoms with Crippen molar-refractivity contribution in [2.45, 2.75) is 37.6 Å². The van der Waals surface area contributed by atoms with Crippen LogP contribution in [0.1, 0.15) is 37.3 Å². The zero-order valence-corrected chi connectivity index (χ0v) is 19.7. The van der Waals surface area contributed by atoms with Gasteiger partial charge in [-0.15, -0.1) is 0 Å². The maximum Gasteiger partial charge on any atom is 0.236 e. The number of piperidine rings is 1. The first-order valence-electron chi connectivity index (χ1n) is 12.1. The number of likely N-dealkylation sites (N-methyl/N-ethyl adjacent to an activating group) is 1. The van der Waals surface area contributed by atoms with Crippen molar-refractivity contribution in [3.05, 3.63) is 24.0 Å². The lowest BCUT2D eigenvalue weighted by Crippen LogP contribution is -2.52. The largest absolute Gasteiger partial charge is 0.341 e. The minimum atomic E-state index is 0.264. The van der Waals surface area contributed by atoms with E-state index in [4.69, 9.17) is 4.98 Å². The normalized spacial score (nSPS) is 20.7. The Bertz CT molecular complexity index is 943. The summed E-state index contributed by atoms with van der Waals surface area (Å²) < 4.78 is 0. The number of anilines is 3. The molecule has 1 saturated carbocycles. The fourth-order valence-corrected chi connectivity index (χ4v) is 4.70. The lowest BCUT2D eigenvalue weighted by Gasteiger charge is -2.38. The number of aromatic amines is 1. The molecule has 3 aliphatic rings. The van der Waals surface area contributed by atoms with Gasteiger partial charge in [0.15, 0.2) is 5.82 Å². The van der Waals surface area contributed by atoms with Crippen molar-refractivity contribution in [3.8, 4) is 0 Å². The Morgan fingerprint density at radius 2 is 1.88 bits per heavy atom. The Morgan fingerprint density at radius 1 is 1.12 bits per heavy atom. The standard InChI is InChI=1S/C23H35N9O/c1-29-11-13-32(14-12-29)22(33)16-31-9-6-18(7-10-31)30(2)23-24-8-5-20(26-23)25-21-15-19(27-28-21)17-3-4-17/h5,8,15,17-18H,3-4,6-7,9-14,16H2,1-2H3,(H2,24,25,26,27,28). The van der Waals surface area contributed by atoms with E-state index in [9.17, 15) is 4.79 Å². The van der Waals surface area contributed by atoms with Crippen LogP contribution >= 0.6 is 0 Å². The van der Waals surface area contributed by atoms with Crippen molar-refractivity contribution in [2.24, 2.45) is 0 Å². The van der Waals surface area contributed by atoms with Gasteiger partial charge in [0, 0.05) is 76.2 Å². The van der Waals surface area contributed by atoms with Crippen LogP contribution in [0.3, 0.4) is 0 Å². The molecule has 2 aromatic rings. The molecule has 5 rings (SSSR count). The first kappa shape index (κ1) is 22.1. The molecular formula is C23H35N9O. The first-order chi connectivity index (χ1) is 16.0. The van der Waals surface area contributed by atoms with E-state index in [1.54, 1.807) is 6.20 Å². The second kappa shape index (κ2) is 9.64. The van der Waals surface area contributed by atoms with Crippen LogP contribution < -0.4 is 10.2 Å². The minimum absolute atomic E-state index is 0.264. The van der Waals surface area contributed by atoms with Gasteiger partial charge in [-0.1, -0.05) is 0 Å². The Balaban J connectivity index is 1.12. The number of carbonyl (C=O) groups excluding carboxylic acids is 1. The molecule has 3 fully saturated rings. The monoisotopic (exact) mass is 453 g/mol. The van der Waals surface area contributed by atoms with Crippen molar-refractivity contribution in [1.82, 2.24) is 34.9 Å². The van der Waals surface area contributed by atoms with Gasteiger partial charge in [0.1, 0.15) is 5.82 Å². The molecule has 2 aliphatic heterocycles. The maximum atomic E-state index is 12.7. The molecule has 1 amide bonds. The van der Waals surface area contributed by atoms with Crippen molar-refractivity contribution < 1.29 is 4.79 Å². The SMILES string of the molecule is CN1CCN(C(=O)CN2CCC(N(C)c3nccc(Nc4cc(C5CC5)[nH]n4)n3)CC2)CC1. The van der Waals surface area contributed by atoms with Crippen LogP contribution in [0.2, 0.25) is 0 Å². The fraction of sp³-hybridized carbons (Fsp3) is 0.652. The Morgan fingerprint density at radius 3 is 2.61 bits per heavy atom. The summed E-state index contributed by atoms with van der Waals surface area (Å²) in [6.07, 6.45) is 6.27. The predicted molar refractivity (Wildman–Crippen MR) is 128 cm³/mol. The lowest BCUT2D eigenvalue weighted by molar-refractivity contribution is -0.134. The second-order valence-corrected chi connectivity index (χ2v) is 9.65. The van der Waals surface area contributed by atoms with Gasteiger partial charge in [0.05, 0.1) is 6.54 Å². The number of hydrogen-bond donors (Lipinski definition) is 2. The summed E-state index contributed by atoms with van der Waals surface area (Å²) in [7, 11) is 4.18. The van der Waals surface area contributed by atoms with Gasteiger partial charge in [-0.3, -0.25) is 14.8 Å². The van der Waals surface area contributed by atoms with E-state index in [-0.39, 0.29) is 5.91 Å². The van der Waals surface area contributed by atoms with Gasteiger partial charge in [-0.2, -0.15) is 10.1 Å². The molecular weight excluding hydrogens is 418 g/mol. The molecule has 0 atom stereocenters. The summed E-state index contributed by atoms with van der Waals surface area (Å²) in [5.41, 5.74) is 1.20. The number of H-pyrrole nitrogens is 1. The number of piperazine rings is 1. The number of nitrogens with one attached hydrogen (secondary N) is 2. The molecule has 4 heterocycles. The van der Waals surface area contributed by atoms with Gasteiger partial charge in [-0.25, -0.2) is 4.98 Å². The van der Waals surface area contributed by atoms with Crippen LogP contribution in [0.15, 0.2) is 18.3 Å². The quantitative estimate of drug-likeness (QED) is 0.651. The van der Waals surface area contributed by atoms with Gasteiger partial charge >= 0.3 is 0 Å². The van der Waals surface area contributed by atoms with Crippen LogP contribution in [0.4, 0.5) is 17.6 Å². The van der Waals surface area contributed by atoms with Crippen molar-refractivity contribution in [3.63, 3.8) is 0 Å². The molecule has 33 heavy (non-hydrogen) atoms.